The minimum Gasteiger partial charge on any atom is -0.396 e. The molecule has 1 aromatic rings. The maximum absolute atomic E-state index is 13.4. The number of halogens is 1. The lowest BCUT2D eigenvalue weighted by Crippen LogP contribution is -2.30. The Balaban J connectivity index is 2.75. The van der Waals surface area contributed by atoms with E-state index in [1.807, 2.05) is 6.92 Å². The maximum atomic E-state index is 13.4. The van der Waals surface area contributed by atoms with Crippen molar-refractivity contribution < 1.29 is 17.9 Å². The summed E-state index contributed by atoms with van der Waals surface area (Å²) in [5.74, 6) is -0.441. The number of hydrogen-bond acceptors (Lipinski definition) is 3. The van der Waals surface area contributed by atoms with E-state index < -0.39 is 15.8 Å². The standard InChI is InChI=1S/C14H22FNO3S/c1-3-4-12(7-8-17)10-16-20(18,19)13-6-5-11(2)14(15)9-13/h5-6,9,12,16-17H,3-4,7-8,10H2,1-2H3. The number of benzene rings is 1. The van der Waals surface area contributed by atoms with Crippen LogP contribution in [0.2, 0.25) is 0 Å². The molecule has 0 aliphatic carbocycles. The van der Waals surface area contributed by atoms with Crippen LogP contribution in [0.4, 0.5) is 4.39 Å². The third-order valence-corrected chi connectivity index (χ3v) is 4.67. The SMILES string of the molecule is CCCC(CCO)CNS(=O)(=O)c1ccc(C)c(F)c1. The Hall–Kier alpha value is -0.980. The van der Waals surface area contributed by atoms with Gasteiger partial charge in [0.1, 0.15) is 5.82 Å². The summed E-state index contributed by atoms with van der Waals surface area (Å²) in [6.45, 7) is 3.88. The second-order valence-corrected chi connectivity index (χ2v) is 6.70. The van der Waals surface area contributed by atoms with Crippen molar-refractivity contribution >= 4 is 10.0 Å². The van der Waals surface area contributed by atoms with Gasteiger partial charge >= 0.3 is 0 Å². The first-order valence-corrected chi connectivity index (χ1v) is 8.25. The van der Waals surface area contributed by atoms with E-state index in [1.165, 1.54) is 12.1 Å². The molecule has 0 aliphatic rings. The first-order chi connectivity index (χ1) is 9.40. The fraction of sp³-hybridized carbons (Fsp3) is 0.571. The lowest BCUT2D eigenvalue weighted by Gasteiger charge is -2.16. The molecule has 0 aromatic heterocycles. The average Bonchev–Trinajstić information content (AvgIpc) is 2.39. The molecule has 0 spiro atoms. The molecule has 114 valence electrons. The van der Waals surface area contributed by atoms with Gasteiger partial charge in [0.05, 0.1) is 4.90 Å². The van der Waals surface area contributed by atoms with Crippen LogP contribution < -0.4 is 4.72 Å². The maximum Gasteiger partial charge on any atom is 0.240 e. The van der Waals surface area contributed by atoms with Crippen molar-refractivity contribution in [2.24, 2.45) is 5.92 Å². The number of rotatable bonds is 8. The van der Waals surface area contributed by atoms with Crippen molar-refractivity contribution in [1.29, 1.82) is 0 Å². The summed E-state index contributed by atoms with van der Waals surface area (Å²) in [5.41, 5.74) is 0.410. The number of aliphatic hydroxyl groups is 1. The van der Waals surface area contributed by atoms with Crippen LogP contribution in [0.5, 0.6) is 0 Å². The zero-order valence-corrected chi connectivity index (χ0v) is 12.7. The fourth-order valence-electron chi connectivity index (χ4n) is 1.99. The second kappa shape index (κ2) is 7.71. The van der Waals surface area contributed by atoms with Gasteiger partial charge in [0.25, 0.3) is 0 Å². The predicted octanol–water partition coefficient (Wildman–Crippen LogP) is 2.21. The molecule has 1 atom stereocenters. The van der Waals surface area contributed by atoms with Gasteiger partial charge in [-0.05, 0) is 43.4 Å². The van der Waals surface area contributed by atoms with E-state index >= 15 is 0 Å². The highest BCUT2D eigenvalue weighted by atomic mass is 32.2. The molecule has 0 bridgehead atoms. The Morgan fingerprint density at radius 1 is 1.35 bits per heavy atom. The van der Waals surface area contributed by atoms with Gasteiger partial charge in [0.2, 0.25) is 10.0 Å². The highest BCUT2D eigenvalue weighted by molar-refractivity contribution is 7.89. The van der Waals surface area contributed by atoms with Crippen LogP contribution >= 0.6 is 0 Å². The minimum atomic E-state index is -3.70. The third-order valence-electron chi connectivity index (χ3n) is 3.25. The van der Waals surface area contributed by atoms with E-state index in [9.17, 15) is 12.8 Å². The van der Waals surface area contributed by atoms with E-state index in [0.717, 1.165) is 18.9 Å². The molecular formula is C14H22FNO3S. The van der Waals surface area contributed by atoms with Gasteiger partial charge in [-0.25, -0.2) is 17.5 Å². The molecule has 0 saturated heterocycles. The number of sulfonamides is 1. The number of aryl methyl sites for hydroxylation is 1. The Bertz CT molecular complexity index is 525. The summed E-state index contributed by atoms with van der Waals surface area (Å²) in [6, 6.07) is 3.86. The normalized spacial score (nSPS) is 13.4. The highest BCUT2D eigenvalue weighted by Gasteiger charge is 2.17. The topological polar surface area (TPSA) is 66.4 Å². The van der Waals surface area contributed by atoms with Crippen LogP contribution in [-0.2, 0) is 10.0 Å². The van der Waals surface area contributed by atoms with Gasteiger partial charge in [0, 0.05) is 13.2 Å². The van der Waals surface area contributed by atoms with Crippen LogP contribution in [0.3, 0.4) is 0 Å². The molecule has 1 aromatic carbocycles. The van der Waals surface area contributed by atoms with E-state index in [4.69, 9.17) is 5.11 Å². The molecule has 0 amide bonds. The Kier molecular flexibility index (Phi) is 6.58. The molecule has 1 rings (SSSR count). The first kappa shape index (κ1) is 17.1. The largest absolute Gasteiger partial charge is 0.396 e. The van der Waals surface area contributed by atoms with Crippen LogP contribution in [0, 0.1) is 18.7 Å². The molecule has 0 heterocycles. The minimum absolute atomic E-state index is 0.0333. The molecule has 0 radical (unpaired) electrons. The zero-order valence-electron chi connectivity index (χ0n) is 11.9. The number of aliphatic hydroxyl groups excluding tert-OH is 1. The molecule has 20 heavy (non-hydrogen) atoms. The monoisotopic (exact) mass is 303 g/mol. The average molecular weight is 303 g/mol. The van der Waals surface area contributed by atoms with Crippen molar-refractivity contribution in [2.75, 3.05) is 13.2 Å². The summed E-state index contributed by atoms with van der Waals surface area (Å²) < 4.78 is 40.0. The highest BCUT2D eigenvalue weighted by Crippen LogP contribution is 2.15. The Morgan fingerprint density at radius 3 is 2.60 bits per heavy atom. The zero-order chi connectivity index (χ0) is 15.2. The second-order valence-electron chi connectivity index (χ2n) is 4.93. The molecule has 6 heteroatoms. The van der Waals surface area contributed by atoms with E-state index in [1.54, 1.807) is 6.92 Å². The van der Waals surface area contributed by atoms with Gasteiger partial charge < -0.3 is 5.11 Å². The van der Waals surface area contributed by atoms with Crippen LogP contribution in [0.1, 0.15) is 31.7 Å². The summed E-state index contributed by atoms with van der Waals surface area (Å²) in [6.07, 6.45) is 2.31. The third kappa shape index (κ3) is 4.85. The molecule has 0 aliphatic heterocycles. The van der Waals surface area contributed by atoms with Crippen molar-refractivity contribution in [3.63, 3.8) is 0 Å². The Morgan fingerprint density at radius 2 is 2.05 bits per heavy atom. The summed E-state index contributed by atoms with van der Waals surface area (Å²) >= 11 is 0. The smallest absolute Gasteiger partial charge is 0.240 e. The molecule has 0 saturated carbocycles. The summed E-state index contributed by atoms with van der Waals surface area (Å²) in [4.78, 5) is -0.0696. The van der Waals surface area contributed by atoms with E-state index in [-0.39, 0.29) is 24.0 Å². The molecule has 1 unspecified atom stereocenters. The Labute approximate surface area is 120 Å². The van der Waals surface area contributed by atoms with Crippen LogP contribution in [0.15, 0.2) is 23.1 Å². The van der Waals surface area contributed by atoms with Crippen molar-refractivity contribution in [3.8, 4) is 0 Å². The summed E-state index contributed by atoms with van der Waals surface area (Å²) in [7, 11) is -3.70. The number of nitrogens with one attached hydrogen (secondary N) is 1. The molecule has 0 fully saturated rings. The van der Waals surface area contributed by atoms with Crippen molar-refractivity contribution in [1.82, 2.24) is 4.72 Å². The molecule has 2 N–H and O–H groups in total. The quantitative estimate of drug-likeness (QED) is 0.774. The van der Waals surface area contributed by atoms with Gasteiger partial charge in [0.15, 0.2) is 0 Å². The van der Waals surface area contributed by atoms with Crippen LogP contribution in [-0.4, -0.2) is 26.7 Å². The summed E-state index contributed by atoms with van der Waals surface area (Å²) in [5, 5.41) is 8.95. The van der Waals surface area contributed by atoms with Gasteiger partial charge in [-0.1, -0.05) is 19.4 Å². The van der Waals surface area contributed by atoms with Crippen molar-refractivity contribution in [3.05, 3.63) is 29.6 Å². The van der Waals surface area contributed by atoms with Gasteiger partial charge in [-0.2, -0.15) is 0 Å². The van der Waals surface area contributed by atoms with Gasteiger partial charge in [-0.15, -0.1) is 0 Å². The van der Waals surface area contributed by atoms with Crippen molar-refractivity contribution in [2.45, 2.75) is 38.0 Å². The predicted molar refractivity (Wildman–Crippen MR) is 76.4 cm³/mol. The van der Waals surface area contributed by atoms with E-state index in [2.05, 4.69) is 4.72 Å². The van der Waals surface area contributed by atoms with Crippen LogP contribution in [0.25, 0.3) is 0 Å². The first-order valence-electron chi connectivity index (χ1n) is 6.77. The lowest BCUT2D eigenvalue weighted by molar-refractivity contribution is 0.251. The number of hydrogen-bond donors (Lipinski definition) is 2. The van der Waals surface area contributed by atoms with E-state index in [0.29, 0.717) is 12.0 Å². The lowest BCUT2D eigenvalue weighted by atomic mass is 10.0. The van der Waals surface area contributed by atoms with Gasteiger partial charge in [-0.3, -0.25) is 0 Å². The molecular weight excluding hydrogens is 281 g/mol. The molecule has 4 nitrogen and oxygen atoms in total. The fourth-order valence-corrected chi connectivity index (χ4v) is 3.12.